The lowest BCUT2D eigenvalue weighted by atomic mass is 10.1. The molecule has 142 valence electrons. The fourth-order valence-electron chi connectivity index (χ4n) is 1.78. The van der Waals surface area contributed by atoms with Crippen LogP contribution >= 0.6 is 0 Å². The topological polar surface area (TPSA) is 137 Å². The van der Waals surface area contributed by atoms with Gasteiger partial charge in [0.1, 0.15) is 6.10 Å². The zero-order valence-electron chi connectivity index (χ0n) is 14.7. The van der Waals surface area contributed by atoms with Gasteiger partial charge in [0.05, 0.1) is 6.61 Å². The van der Waals surface area contributed by atoms with Gasteiger partial charge in [0.2, 0.25) is 0 Å². The lowest BCUT2D eigenvalue weighted by Gasteiger charge is -2.15. The molecule has 0 aliphatic heterocycles. The summed E-state index contributed by atoms with van der Waals surface area (Å²) in [5.74, 6) is 7.98. The van der Waals surface area contributed by atoms with Crippen molar-refractivity contribution < 1.29 is 29.4 Å². The van der Waals surface area contributed by atoms with E-state index >= 15 is 0 Å². The van der Waals surface area contributed by atoms with Gasteiger partial charge in [0.15, 0.2) is 6.04 Å². The van der Waals surface area contributed by atoms with Crippen LogP contribution in [-0.4, -0.2) is 60.9 Å². The molecule has 2 atom stereocenters. The van der Waals surface area contributed by atoms with Crippen LogP contribution in [-0.2, 0) is 14.3 Å². The van der Waals surface area contributed by atoms with E-state index in [1.54, 1.807) is 12.1 Å². The summed E-state index contributed by atoms with van der Waals surface area (Å²) in [7, 11) is 2.71. The molecule has 1 rings (SSSR count). The maximum absolute atomic E-state index is 12.2. The number of likely N-dealkylation sites (N-methyl/N-ethyl adjacent to an activating group) is 1. The zero-order valence-corrected chi connectivity index (χ0v) is 14.7. The van der Waals surface area contributed by atoms with E-state index in [2.05, 4.69) is 34.3 Å². The molecule has 0 saturated carbocycles. The molecule has 1 aromatic rings. The Balaban J connectivity index is 2.82. The second-order valence-corrected chi connectivity index (χ2v) is 5.00. The predicted octanol–water partition coefficient (Wildman–Crippen LogP) is -1.60. The van der Waals surface area contributed by atoms with Gasteiger partial charge in [-0.25, -0.2) is 5.48 Å². The Labute approximate surface area is 156 Å². The van der Waals surface area contributed by atoms with Crippen LogP contribution in [0.3, 0.4) is 0 Å². The van der Waals surface area contributed by atoms with Crippen LogP contribution in [0, 0.1) is 23.7 Å². The Bertz CT molecular complexity index is 778. The normalized spacial score (nSPS) is 11.6. The Morgan fingerprint density at radius 3 is 2.33 bits per heavy atom. The first kappa shape index (κ1) is 21.7. The van der Waals surface area contributed by atoms with Gasteiger partial charge < -0.3 is 20.5 Å². The molecule has 0 spiro atoms. The number of aliphatic hydroxyl groups is 1. The lowest BCUT2D eigenvalue weighted by Crippen LogP contribution is -2.54. The number of amides is 3. The van der Waals surface area contributed by atoms with E-state index in [0.717, 1.165) is 0 Å². The molecule has 0 saturated heterocycles. The summed E-state index contributed by atoms with van der Waals surface area (Å²) < 4.78 is 4.87. The number of hydrogen-bond donors (Lipinski definition) is 5. The van der Waals surface area contributed by atoms with Crippen molar-refractivity contribution in [3.05, 3.63) is 35.4 Å². The van der Waals surface area contributed by atoms with Crippen molar-refractivity contribution in [2.45, 2.75) is 12.1 Å². The highest BCUT2D eigenvalue weighted by atomic mass is 16.5. The van der Waals surface area contributed by atoms with Crippen molar-refractivity contribution in [3.8, 4) is 23.7 Å². The smallest absolute Gasteiger partial charge is 0.275 e. The number of carbonyl (C=O) groups excluding carboxylic acids is 3. The van der Waals surface area contributed by atoms with E-state index < -0.39 is 29.9 Å². The third-order valence-electron chi connectivity index (χ3n) is 3.26. The van der Waals surface area contributed by atoms with Gasteiger partial charge in [-0.1, -0.05) is 11.8 Å². The fraction of sp³-hybridized carbons (Fsp3) is 0.278. The molecule has 0 bridgehead atoms. The fourth-order valence-corrected chi connectivity index (χ4v) is 1.78. The van der Waals surface area contributed by atoms with Crippen molar-refractivity contribution in [1.82, 2.24) is 16.1 Å². The third kappa shape index (κ3) is 6.80. The molecule has 2 unspecified atom stereocenters. The largest absolute Gasteiger partial charge is 0.393 e. The second-order valence-electron chi connectivity index (χ2n) is 5.00. The maximum atomic E-state index is 12.2. The highest BCUT2D eigenvalue weighted by molar-refractivity contribution is 6.08. The van der Waals surface area contributed by atoms with Gasteiger partial charge in [-0.15, -0.1) is 0 Å². The van der Waals surface area contributed by atoms with Crippen molar-refractivity contribution in [2.75, 3.05) is 20.8 Å². The molecule has 0 heterocycles. The second kappa shape index (κ2) is 11.3. The Kier molecular flexibility index (Phi) is 9.06. The summed E-state index contributed by atoms with van der Waals surface area (Å²) in [6.45, 7) is -0.236. The minimum atomic E-state index is -1.58. The van der Waals surface area contributed by atoms with Gasteiger partial charge in [-0.3, -0.25) is 19.6 Å². The molecule has 9 nitrogen and oxygen atoms in total. The van der Waals surface area contributed by atoms with Crippen molar-refractivity contribution in [3.63, 3.8) is 0 Å². The molecule has 0 aromatic heterocycles. The number of carbonyl (C=O) groups is 3. The number of hydroxylamine groups is 1. The van der Waals surface area contributed by atoms with Crippen molar-refractivity contribution >= 4 is 17.7 Å². The van der Waals surface area contributed by atoms with E-state index in [1.807, 2.05) is 0 Å². The summed E-state index contributed by atoms with van der Waals surface area (Å²) in [5.41, 5.74) is 2.09. The maximum Gasteiger partial charge on any atom is 0.275 e. The molecule has 0 radical (unpaired) electrons. The summed E-state index contributed by atoms with van der Waals surface area (Å²) in [5, 5.41) is 22.0. The molecule has 0 aliphatic carbocycles. The average molecular weight is 373 g/mol. The predicted molar refractivity (Wildman–Crippen MR) is 94.2 cm³/mol. The SMILES string of the molecule is CNC(=O)C(NC(=O)c1ccc(C#CC#CC(CO)OC)cc1)C(=O)NO. The van der Waals surface area contributed by atoms with Gasteiger partial charge in [0, 0.05) is 25.3 Å². The number of benzene rings is 1. The minimum Gasteiger partial charge on any atom is -0.393 e. The molecule has 1 aromatic carbocycles. The summed E-state index contributed by atoms with van der Waals surface area (Å²) >= 11 is 0. The van der Waals surface area contributed by atoms with Crippen LogP contribution < -0.4 is 16.1 Å². The van der Waals surface area contributed by atoms with Crippen LogP contribution in [0.1, 0.15) is 15.9 Å². The van der Waals surface area contributed by atoms with Crippen molar-refractivity contribution in [1.29, 1.82) is 0 Å². The number of ether oxygens (including phenoxy) is 1. The van der Waals surface area contributed by atoms with Crippen molar-refractivity contribution in [2.24, 2.45) is 0 Å². The molecular weight excluding hydrogens is 354 g/mol. The van der Waals surface area contributed by atoms with Crippen LogP contribution in [0.4, 0.5) is 0 Å². The quantitative estimate of drug-likeness (QED) is 0.176. The van der Waals surface area contributed by atoms with Gasteiger partial charge in [-0.05, 0) is 36.1 Å². The van der Waals surface area contributed by atoms with E-state index in [-0.39, 0.29) is 12.2 Å². The van der Waals surface area contributed by atoms with Crippen LogP contribution in [0.25, 0.3) is 0 Å². The first-order valence-corrected chi connectivity index (χ1v) is 7.68. The monoisotopic (exact) mass is 373 g/mol. The summed E-state index contributed by atoms with van der Waals surface area (Å²) in [6, 6.07) is 4.45. The number of methoxy groups -OCH3 is 1. The Hall–Kier alpha value is -3.37. The first-order chi connectivity index (χ1) is 13.0. The Morgan fingerprint density at radius 2 is 1.81 bits per heavy atom. The first-order valence-electron chi connectivity index (χ1n) is 7.68. The zero-order chi connectivity index (χ0) is 20.2. The Morgan fingerprint density at radius 1 is 1.15 bits per heavy atom. The standard InChI is InChI=1S/C18H19N3O6/c1-19-17(24)15(18(25)21-26)20-16(23)13-9-7-12(8-10-13)5-3-4-6-14(11-22)27-2/h7-10,14-15,22,26H,11H2,1-2H3,(H,19,24)(H,20,23)(H,21,25). The van der Waals surface area contributed by atoms with E-state index in [1.165, 1.54) is 31.8 Å². The molecule has 0 fully saturated rings. The number of rotatable bonds is 6. The molecule has 0 aliphatic rings. The molecule has 27 heavy (non-hydrogen) atoms. The summed E-state index contributed by atoms with van der Waals surface area (Å²) in [6.07, 6.45) is -0.602. The number of hydrogen-bond acceptors (Lipinski definition) is 6. The molecule has 3 amide bonds. The van der Waals surface area contributed by atoms with E-state index in [4.69, 9.17) is 15.1 Å². The number of aliphatic hydroxyl groups excluding tert-OH is 1. The molecule has 5 N–H and O–H groups in total. The number of nitrogens with one attached hydrogen (secondary N) is 3. The van der Waals surface area contributed by atoms with E-state index in [0.29, 0.717) is 5.56 Å². The van der Waals surface area contributed by atoms with E-state index in [9.17, 15) is 14.4 Å². The molecular formula is C18H19N3O6. The highest BCUT2D eigenvalue weighted by Crippen LogP contribution is 2.04. The van der Waals surface area contributed by atoms with Gasteiger partial charge in [0.25, 0.3) is 17.7 Å². The lowest BCUT2D eigenvalue weighted by molar-refractivity contribution is -0.137. The minimum absolute atomic E-state index is 0.186. The van der Waals surface area contributed by atoms with Gasteiger partial charge >= 0.3 is 0 Å². The third-order valence-corrected chi connectivity index (χ3v) is 3.26. The van der Waals surface area contributed by atoms with Gasteiger partial charge in [-0.2, -0.15) is 0 Å². The van der Waals surface area contributed by atoms with Crippen LogP contribution in [0.15, 0.2) is 24.3 Å². The van der Waals surface area contributed by atoms with Crippen LogP contribution in [0.2, 0.25) is 0 Å². The molecule has 9 heteroatoms. The average Bonchev–Trinajstić information content (AvgIpc) is 2.71. The summed E-state index contributed by atoms with van der Waals surface area (Å²) in [4.78, 5) is 35.3. The van der Waals surface area contributed by atoms with Crippen LogP contribution in [0.5, 0.6) is 0 Å². The highest BCUT2D eigenvalue weighted by Gasteiger charge is 2.27.